The van der Waals surface area contributed by atoms with E-state index in [1.807, 2.05) is 25.2 Å². The van der Waals surface area contributed by atoms with Crippen molar-refractivity contribution in [2.75, 3.05) is 44.6 Å². The van der Waals surface area contributed by atoms with Gasteiger partial charge in [0.05, 0.1) is 14.2 Å². The Morgan fingerprint density at radius 2 is 2.00 bits per heavy atom. The van der Waals surface area contributed by atoms with Crippen molar-refractivity contribution in [3.05, 3.63) is 36.2 Å². The number of hydrogen-bond donors (Lipinski definition) is 2. The number of ether oxygens (including phenoxy) is 2. The van der Waals surface area contributed by atoms with E-state index in [2.05, 4.69) is 31.6 Å². The SMILES string of the molecule is CNc1cc(N2CCC[C@H]2CNCc2ccc(OC)c(OC)c2)ncn1. The average Bonchev–Trinajstić information content (AvgIpc) is 3.16. The molecule has 0 saturated carbocycles. The number of nitrogens with one attached hydrogen (secondary N) is 2. The third-order valence-corrected chi connectivity index (χ3v) is 4.74. The van der Waals surface area contributed by atoms with Crippen molar-refractivity contribution in [1.29, 1.82) is 0 Å². The lowest BCUT2D eigenvalue weighted by Gasteiger charge is -2.26. The summed E-state index contributed by atoms with van der Waals surface area (Å²) in [6, 6.07) is 8.46. The maximum absolute atomic E-state index is 5.37. The zero-order valence-corrected chi connectivity index (χ0v) is 15.7. The lowest BCUT2D eigenvalue weighted by atomic mass is 10.1. The first-order chi connectivity index (χ1) is 12.7. The van der Waals surface area contributed by atoms with E-state index in [-0.39, 0.29) is 0 Å². The van der Waals surface area contributed by atoms with E-state index in [1.165, 1.54) is 12.0 Å². The first-order valence-electron chi connectivity index (χ1n) is 8.93. The zero-order valence-electron chi connectivity index (χ0n) is 15.7. The van der Waals surface area contributed by atoms with Crippen LogP contribution >= 0.6 is 0 Å². The first kappa shape index (κ1) is 18.3. The second-order valence-electron chi connectivity index (χ2n) is 6.32. The van der Waals surface area contributed by atoms with Crippen molar-refractivity contribution >= 4 is 11.6 Å². The third kappa shape index (κ3) is 4.16. The second kappa shape index (κ2) is 8.71. The third-order valence-electron chi connectivity index (χ3n) is 4.74. The van der Waals surface area contributed by atoms with Crippen LogP contribution in [-0.4, -0.2) is 50.4 Å². The van der Waals surface area contributed by atoms with Gasteiger partial charge < -0.3 is 25.0 Å². The summed E-state index contributed by atoms with van der Waals surface area (Å²) in [4.78, 5) is 11.0. The highest BCUT2D eigenvalue weighted by Crippen LogP contribution is 2.28. The zero-order chi connectivity index (χ0) is 18.4. The van der Waals surface area contributed by atoms with Crippen molar-refractivity contribution in [2.45, 2.75) is 25.4 Å². The molecule has 1 aromatic carbocycles. The van der Waals surface area contributed by atoms with Crippen LogP contribution in [0.4, 0.5) is 11.6 Å². The minimum atomic E-state index is 0.440. The van der Waals surface area contributed by atoms with Gasteiger partial charge in [0, 0.05) is 38.8 Å². The molecule has 3 rings (SSSR count). The van der Waals surface area contributed by atoms with Crippen LogP contribution in [0.15, 0.2) is 30.6 Å². The van der Waals surface area contributed by atoms with Crippen molar-refractivity contribution in [1.82, 2.24) is 15.3 Å². The van der Waals surface area contributed by atoms with Crippen LogP contribution in [-0.2, 0) is 6.54 Å². The van der Waals surface area contributed by atoms with Gasteiger partial charge in [-0.2, -0.15) is 0 Å². The van der Waals surface area contributed by atoms with E-state index >= 15 is 0 Å². The molecule has 2 heterocycles. The van der Waals surface area contributed by atoms with Gasteiger partial charge >= 0.3 is 0 Å². The Labute approximate surface area is 154 Å². The lowest BCUT2D eigenvalue weighted by molar-refractivity contribution is 0.354. The van der Waals surface area contributed by atoms with Crippen LogP contribution < -0.4 is 25.0 Å². The molecule has 0 spiro atoms. The quantitative estimate of drug-likeness (QED) is 0.751. The van der Waals surface area contributed by atoms with Gasteiger partial charge in [-0.25, -0.2) is 9.97 Å². The number of rotatable bonds is 8. The number of anilines is 2. The molecular weight excluding hydrogens is 330 g/mol. The summed E-state index contributed by atoms with van der Waals surface area (Å²) in [7, 11) is 5.18. The number of hydrogen-bond acceptors (Lipinski definition) is 7. The fourth-order valence-corrected chi connectivity index (χ4v) is 3.36. The van der Waals surface area contributed by atoms with Crippen molar-refractivity contribution < 1.29 is 9.47 Å². The van der Waals surface area contributed by atoms with Gasteiger partial charge in [0.25, 0.3) is 0 Å². The van der Waals surface area contributed by atoms with E-state index in [1.54, 1.807) is 20.5 Å². The average molecular weight is 357 g/mol. The maximum Gasteiger partial charge on any atom is 0.161 e. The first-order valence-corrected chi connectivity index (χ1v) is 8.93. The molecular formula is C19H27N5O2. The molecule has 0 radical (unpaired) electrons. The Morgan fingerprint density at radius 1 is 1.15 bits per heavy atom. The normalized spacial score (nSPS) is 16.6. The highest BCUT2D eigenvalue weighted by Gasteiger charge is 2.25. The van der Waals surface area contributed by atoms with Gasteiger partial charge in [0.1, 0.15) is 18.0 Å². The largest absolute Gasteiger partial charge is 0.493 e. The van der Waals surface area contributed by atoms with E-state index in [0.717, 1.165) is 49.2 Å². The van der Waals surface area contributed by atoms with Crippen LogP contribution in [0.2, 0.25) is 0 Å². The Kier molecular flexibility index (Phi) is 6.12. The standard InChI is InChI=1S/C19H27N5O2/c1-20-18-10-19(23-13-22-18)24-8-4-5-15(24)12-21-11-14-6-7-16(25-2)17(9-14)26-3/h6-7,9-10,13,15,21H,4-5,8,11-12H2,1-3H3,(H,20,22,23)/t15-/m0/s1. The van der Waals surface area contributed by atoms with Gasteiger partial charge in [-0.05, 0) is 30.5 Å². The van der Waals surface area contributed by atoms with Gasteiger partial charge in [-0.3, -0.25) is 0 Å². The van der Waals surface area contributed by atoms with E-state index in [4.69, 9.17) is 9.47 Å². The van der Waals surface area contributed by atoms with Crippen molar-refractivity contribution in [2.24, 2.45) is 0 Å². The summed E-state index contributed by atoms with van der Waals surface area (Å²) in [5.41, 5.74) is 1.17. The highest BCUT2D eigenvalue weighted by atomic mass is 16.5. The smallest absolute Gasteiger partial charge is 0.161 e. The van der Waals surface area contributed by atoms with Crippen LogP contribution in [0, 0.1) is 0 Å². The summed E-state index contributed by atoms with van der Waals surface area (Å²) in [5, 5.41) is 6.64. The molecule has 0 amide bonds. The van der Waals surface area contributed by atoms with Crippen LogP contribution in [0.1, 0.15) is 18.4 Å². The van der Waals surface area contributed by atoms with Crippen LogP contribution in [0.25, 0.3) is 0 Å². The highest BCUT2D eigenvalue weighted by molar-refractivity contribution is 5.49. The molecule has 1 atom stereocenters. The minimum Gasteiger partial charge on any atom is -0.493 e. The summed E-state index contributed by atoms with van der Waals surface area (Å²) < 4.78 is 10.7. The molecule has 1 aliphatic rings. The number of benzene rings is 1. The minimum absolute atomic E-state index is 0.440. The van der Waals surface area contributed by atoms with E-state index < -0.39 is 0 Å². The summed E-state index contributed by atoms with van der Waals surface area (Å²) in [6.07, 6.45) is 3.97. The molecule has 0 bridgehead atoms. The number of aromatic nitrogens is 2. The molecule has 1 saturated heterocycles. The Balaban J connectivity index is 1.58. The topological polar surface area (TPSA) is 71.5 Å². The van der Waals surface area contributed by atoms with Gasteiger partial charge in [0.15, 0.2) is 11.5 Å². The molecule has 140 valence electrons. The van der Waals surface area contributed by atoms with Crippen molar-refractivity contribution in [3.63, 3.8) is 0 Å². The van der Waals surface area contributed by atoms with Gasteiger partial charge in [0.2, 0.25) is 0 Å². The molecule has 1 fully saturated rings. The second-order valence-corrected chi connectivity index (χ2v) is 6.32. The molecule has 7 heteroatoms. The molecule has 0 unspecified atom stereocenters. The summed E-state index contributed by atoms with van der Waals surface area (Å²) in [6.45, 7) is 2.73. The lowest BCUT2D eigenvalue weighted by Crippen LogP contribution is -2.38. The Hall–Kier alpha value is -2.54. The van der Waals surface area contributed by atoms with E-state index in [9.17, 15) is 0 Å². The predicted octanol–water partition coefficient (Wildman–Crippen LogP) is 2.29. The fraction of sp³-hybridized carbons (Fsp3) is 0.474. The molecule has 2 aromatic rings. The van der Waals surface area contributed by atoms with E-state index in [0.29, 0.717) is 6.04 Å². The maximum atomic E-state index is 5.37. The molecule has 0 aliphatic carbocycles. The van der Waals surface area contributed by atoms with Crippen LogP contribution in [0.3, 0.4) is 0 Å². The van der Waals surface area contributed by atoms with Gasteiger partial charge in [-0.15, -0.1) is 0 Å². The molecule has 2 N–H and O–H groups in total. The monoisotopic (exact) mass is 357 g/mol. The van der Waals surface area contributed by atoms with Gasteiger partial charge in [-0.1, -0.05) is 6.07 Å². The Bertz CT molecular complexity index is 725. The number of methoxy groups -OCH3 is 2. The number of nitrogens with zero attached hydrogens (tertiary/aromatic N) is 3. The summed E-state index contributed by atoms with van der Waals surface area (Å²) >= 11 is 0. The fourth-order valence-electron chi connectivity index (χ4n) is 3.36. The molecule has 7 nitrogen and oxygen atoms in total. The Morgan fingerprint density at radius 3 is 2.77 bits per heavy atom. The summed E-state index contributed by atoms with van der Waals surface area (Å²) in [5.74, 6) is 3.34. The molecule has 26 heavy (non-hydrogen) atoms. The van der Waals surface area contributed by atoms with Crippen molar-refractivity contribution in [3.8, 4) is 11.5 Å². The van der Waals surface area contributed by atoms with Crippen LogP contribution in [0.5, 0.6) is 11.5 Å². The predicted molar refractivity (Wildman–Crippen MR) is 103 cm³/mol. The molecule has 1 aromatic heterocycles. The molecule has 1 aliphatic heterocycles.